The molecule has 0 bridgehead atoms. The van der Waals surface area contributed by atoms with Gasteiger partial charge in [-0.15, -0.1) is 69.1 Å². The van der Waals surface area contributed by atoms with Crippen LogP contribution in [0.3, 0.4) is 0 Å². The van der Waals surface area contributed by atoms with E-state index in [2.05, 4.69) is 178 Å². The van der Waals surface area contributed by atoms with Gasteiger partial charge in [-0.05, 0) is 52.3 Å². The number of benzene rings is 4. The molecule has 0 aliphatic heterocycles. The molecule has 50 heavy (non-hydrogen) atoms. The van der Waals surface area contributed by atoms with Crippen LogP contribution in [-0.4, -0.2) is 5.43 Å². The second-order valence-electron chi connectivity index (χ2n) is 14.9. The maximum absolute atomic E-state index is 2.40. The smallest absolute Gasteiger partial charge is 1.00 e. The Morgan fingerprint density at radius 3 is 1.62 bits per heavy atom. The molecule has 0 N–H and O–H groups in total. The number of halogens is 2. The van der Waals surface area contributed by atoms with Crippen LogP contribution >= 0.6 is 0 Å². The summed E-state index contributed by atoms with van der Waals surface area (Å²) in [5.74, 6) is 1.23. The van der Waals surface area contributed by atoms with Crippen molar-refractivity contribution in [3.8, 4) is 22.3 Å². The molecule has 0 heterocycles. The Morgan fingerprint density at radius 1 is 0.680 bits per heavy atom. The summed E-state index contributed by atoms with van der Waals surface area (Å²) in [6.07, 6.45) is 3.60. The van der Waals surface area contributed by atoms with Crippen molar-refractivity contribution in [1.82, 2.24) is 0 Å². The van der Waals surface area contributed by atoms with Gasteiger partial charge < -0.3 is 24.8 Å². The summed E-state index contributed by atoms with van der Waals surface area (Å²) in [4.78, 5) is 0. The van der Waals surface area contributed by atoms with Gasteiger partial charge in [0.05, 0.1) is 0 Å². The minimum absolute atomic E-state index is 0. The van der Waals surface area contributed by atoms with Gasteiger partial charge in [0.2, 0.25) is 0 Å². The molecule has 6 aromatic rings. The van der Waals surface area contributed by atoms with Gasteiger partial charge in [-0.2, -0.15) is 12.1 Å². The average Bonchev–Trinajstić information content (AvgIpc) is 3.69. The van der Waals surface area contributed by atoms with Crippen LogP contribution in [-0.2, 0) is 35.2 Å². The topological polar surface area (TPSA) is 0 Å². The molecule has 1 atom stereocenters. The Hall–Kier alpha value is -2.22. The molecule has 6 aromatic carbocycles. The Labute approximate surface area is 331 Å². The Kier molecular flexibility index (Phi) is 17.7. The van der Waals surface area contributed by atoms with Crippen molar-refractivity contribution in [3.63, 3.8) is 0 Å². The van der Waals surface area contributed by atoms with Crippen LogP contribution < -0.4 is 24.8 Å². The van der Waals surface area contributed by atoms with E-state index in [4.69, 9.17) is 0 Å². The van der Waals surface area contributed by atoms with E-state index in [-0.39, 0.29) is 35.7 Å². The molecule has 0 amide bonds. The minimum atomic E-state index is 0. The van der Waals surface area contributed by atoms with Crippen molar-refractivity contribution >= 4 is 27.0 Å². The van der Waals surface area contributed by atoms with E-state index < -0.39 is 0 Å². The third-order valence-corrected chi connectivity index (χ3v) is 9.23. The molecule has 1 unspecified atom stereocenters. The fourth-order valence-electron chi connectivity index (χ4n) is 6.34. The second-order valence-corrected chi connectivity index (χ2v) is 24.3. The Bertz CT molecular complexity index is 1910. The molecule has 0 spiro atoms. The van der Waals surface area contributed by atoms with Crippen LogP contribution in [0.5, 0.6) is 0 Å². The van der Waals surface area contributed by atoms with E-state index in [0.29, 0.717) is 11.8 Å². The van der Waals surface area contributed by atoms with Crippen LogP contribution in [0.4, 0.5) is 0 Å². The van der Waals surface area contributed by atoms with Crippen molar-refractivity contribution in [2.45, 2.75) is 105 Å². The summed E-state index contributed by atoms with van der Waals surface area (Å²) in [6, 6.07) is 40.8. The zero-order chi connectivity index (χ0) is 35.0. The van der Waals surface area contributed by atoms with Crippen LogP contribution in [0.1, 0.15) is 102 Å². The number of hydrogen-bond donors (Lipinski definition) is 0. The summed E-state index contributed by atoms with van der Waals surface area (Å²) >= 11 is 1.74. The van der Waals surface area contributed by atoms with Gasteiger partial charge in [0.25, 0.3) is 0 Å². The fourth-order valence-corrected chi connectivity index (χ4v) is 6.34. The van der Waals surface area contributed by atoms with Crippen LogP contribution in [0, 0.1) is 0 Å². The number of rotatable bonds is 7. The largest absolute Gasteiger partial charge is 1.00 e. The molecular formula is C46H56Cl2SiZr-2. The maximum Gasteiger partial charge on any atom is -1.00 e. The first-order valence-electron chi connectivity index (χ1n) is 17.9. The molecule has 6 rings (SSSR count). The maximum atomic E-state index is 2.40. The Morgan fingerprint density at radius 2 is 1.16 bits per heavy atom. The molecule has 0 fully saturated rings. The van der Waals surface area contributed by atoms with E-state index in [1.165, 1.54) is 78.9 Å². The van der Waals surface area contributed by atoms with E-state index in [1.807, 2.05) is 0 Å². The molecular weight excluding hydrogens is 743 g/mol. The summed E-state index contributed by atoms with van der Waals surface area (Å²) in [5, 5.41) is 5.48. The zero-order valence-corrected chi connectivity index (χ0v) is 36.9. The third-order valence-electron chi connectivity index (χ3n) is 9.23. The normalized spacial score (nSPS) is 11.5. The van der Waals surface area contributed by atoms with Crippen LogP contribution in [0.25, 0.3) is 43.8 Å². The average molecular weight is 799 g/mol. The number of aryl methyl sites for hydroxylation is 1. The number of fused-ring (bicyclic) bond motifs is 2. The molecule has 0 aliphatic rings. The second kappa shape index (κ2) is 20.1. The Balaban J connectivity index is 0.000000303. The van der Waals surface area contributed by atoms with E-state index in [0.717, 1.165) is 6.42 Å². The molecule has 0 radical (unpaired) electrons. The molecule has 0 nitrogen and oxygen atoms in total. The van der Waals surface area contributed by atoms with Gasteiger partial charge in [0.1, 0.15) is 0 Å². The van der Waals surface area contributed by atoms with Gasteiger partial charge in [-0.1, -0.05) is 134 Å². The van der Waals surface area contributed by atoms with Gasteiger partial charge in [-0.25, -0.2) is 0 Å². The predicted octanol–water partition coefficient (Wildman–Crippen LogP) is 8.13. The minimum Gasteiger partial charge on any atom is -1.00 e. The van der Waals surface area contributed by atoms with Gasteiger partial charge in [-0.3, -0.25) is 0 Å². The first-order valence-corrected chi connectivity index (χ1v) is 24.1. The van der Waals surface area contributed by atoms with E-state index in [1.54, 1.807) is 23.3 Å². The molecule has 0 saturated carbocycles. The fraction of sp³-hybridized carbons (Fsp3) is 0.348. The first-order chi connectivity index (χ1) is 22.8. The quantitative estimate of drug-likeness (QED) is 0.113. The molecule has 0 saturated heterocycles. The van der Waals surface area contributed by atoms with Crippen LogP contribution in [0.2, 0.25) is 13.1 Å². The molecule has 0 aliphatic carbocycles. The van der Waals surface area contributed by atoms with Crippen molar-refractivity contribution < 1.29 is 48.1 Å². The van der Waals surface area contributed by atoms with Gasteiger partial charge in [0.15, 0.2) is 0 Å². The molecule has 4 heteroatoms. The number of hydrogen-bond acceptors (Lipinski definition) is 0. The first kappa shape index (κ1) is 43.9. The molecule has 264 valence electrons. The predicted molar refractivity (Wildman–Crippen MR) is 213 cm³/mol. The summed E-state index contributed by atoms with van der Waals surface area (Å²) in [7, 11) is 0. The standard InChI is InChI=1S/C23H27.C21H23.C2H6Si.2ClH.Zr/c1-5-7-17(4)21-14-20-8-6-9-22(23(20)15-21)19-12-10-18(11-13-19)16(2)3;1-5-15-13-17-7-6-8-19(20(17)14-15)16-9-11-18(12-10-16)21(2,3)4;1-3-2;;;/h6,8-17H,5,7H2,1-4H3;6-14H,5H2,1-4H3;1-2H3;2*1H;/q2*-1;;;;+2/p-2. The zero-order valence-electron chi connectivity index (χ0n) is 31.9. The summed E-state index contributed by atoms with van der Waals surface area (Å²) in [6.45, 7) is 22.7. The monoisotopic (exact) mass is 796 g/mol. The van der Waals surface area contributed by atoms with Crippen molar-refractivity contribution in [2.24, 2.45) is 0 Å². The van der Waals surface area contributed by atoms with E-state index >= 15 is 0 Å². The SMILES string of the molecule is CCCC(C)c1cc2c(-c3ccc(C(C)C)cc3)cccc2[cH-]1.CCc1cc2c(-c3ccc(C(C)(C)C)cc3)cccc2[cH-]1.C[Si](C)=[Zr+2].[Cl-].[Cl-]. The van der Waals surface area contributed by atoms with Crippen LogP contribution in [0.15, 0.2) is 109 Å². The van der Waals surface area contributed by atoms with Crippen molar-refractivity contribution in [1.29, 1.82) is 0 Å². The third kappa shape index (κ3) is 11.6. The van der Waals surface area contributed by atoms with Crippen molar-refractivity contribution in [3.05, 3.63) is 131 Å². The van der Waals surface area contributed by atoms with Crippen molar-refractivity contribution in [2.75, 3.05) is 0 Å². The van der Waals surface area contributed by atoms with E-state index in [9.17, 15) is 0 Å². The van der Waals surface area contributed by atoms with Gasteiger partial charge in [0, 0.05) is 0 Å². The van der Waals surface area contributed by atoms with Gasteiger partial charge >= 0.3 is 41.9 Å². The summed E-state index contributed by atoms with van der Waals surface area (Å²) < 4.78 is 0. The summed E-state index contributed by atoms with van der Waals surface area (Å²) in [5.41, 5.74) is 11.4. The molecule has 0 aromatic heterocycles.